The number of rotatable bonds is 6. The summed E-state index contributed by atoms with van der Waals surface area (Å²) < 4.78 is 17.8. The molecule has 0 unspecified atom stereocenters. The molecular formula is C12H17FN4O3. The van der Waals surface area contributed by atoms with E-state index in [9.17, 15) is 14.5 Å². The van der Waals surface area contributed by atoms with E-state index in [0.29, 0.717) is 5.56 Å². The third-order valence-electron chi connectivity index (χ3n) is 2.39. The summed E-state index contributed by atoms with van der Waals surface area (Å²) in [5, 5.41) is 13.8. The van der Waals surface area contributed by atoms with Crippen molar-refractivity contribution in [3.8, 4) is 0 Å². The van der Waals surface area contributed by atoms with Crippen LogP contribution in [0, 0.1) is 10.1 Å². The Kier molecular flexibility index (Phi) is 8.65. The molecule has 7 nitrogen and oxygen atoms in total. The number of benzene rings is 1. The van der Waals surface area contributed by atoms with E-state index in [2.05, 4.69) is 10.0 Å². The van der Waals surface area contributed by atoms with Crippen LogP contribution in [0.2, 0.25) is 0 Å². The lowest BCUT2D eigenvalue weighted by molar-refractivity contribution is -0.384. The molecule has 0 aromatic heterocycles. The topological polar surface area (TPSA) is 101 Å². The minimum Gasteiger partial charge on any atom is -0.376 e. The first-order chi connectivity index (χ1) is 9.63. The summed E-state index contributed by atoms with van der Waals surface area (Å²) in [6.07, 6.45) is -0.772. The van der Waals surface area contributed by atoms with E-state index < -0.39 is 23.7 Å². The first-order valence-corrected chi connectivity index (χ1v) is 6.01. The number of ether oxygens (including phenoxy) is 1. The molecule has 0 aliphatic rings. The Morgan fingerprint density at radius 1 is 1.45 bits per heavy atom. The van der Waals surface area contributed by atoms with Crippen LogP contribution in [0.5, 0.6) is 0 Å². The maximum absolute atomic E-state index is 12.7. The van der Waals surface area contributed by atoms with Crippen molar-refractivity contribution >= 4 is 5.69 Å². The fraction of sp³-hybridized carbons (Fsp3) is 0.500. The number of hydrogen-bond donors (Lipinski definition) is 0. The van der Waals surface area contributed by atoms with Crippen LogP contribution in [-0.4, -0.2) is 24.7 Å². The maximum Gasteiger partial charge on any atom is 0.269 e. The first kappa shape index (κ1) is 17.8. The van der Waals surface area contributed by atoms with Crippen molar-refractivity contribution in [1.29, 1.82) is 0 Å². The van der Waals surface area contributed by atoms with E-state index in [-0.39, 0.29) is 5.69 Å². The Morgan fingerprint density at radius 3 is 2.35 bits per heavy atom. The summed E-state index contributed by atoms with van der Waals surface area (Å²) in [6.45, 7) is 3.12. The number of non-ortho nitro benzene ring substituents is 1. The minimum absolute atomic E-state index is 0.0748. The normalized spacial score (nSPS) is 12.4. The first-order valence-electron chi connectivity index (χ1n) is 6.01. The Labute approximate surface area is 116 Å². The number of azide groups is 1. The van der Waals surface area contributed by atoms with Crippen molar-refractivity contribution in [1.82, 2.24) is 0 Å². The molecule has 0 aliphatic carbocycles. The van der Waals surface area contributed by atoms with E-state index >= 15 is 0 Å². The van der Waals surface area contributed by atoms with Crippen LogP contribution in [0.25, 0.3) is 10.4 Å². The molecule has 110 valence electrons. The number of nitrogens with zero attached hydrogens (tertiary/aromatic N) is 4. The van der Waals surface area contributed by atoms with Crippen LogP contribution >= 0.6 is 0 Å². The van der Waals surface area contributed by atoms with Gasteiger partial charge in [0.25, 0.3) is 5.69 Å². The van der Waals surface area contributed by atoms with Crippen molar-refractivity contribution in [2.75, 3.05) is 13.8 Å². The third kappa shape index (κ3) is 4.83. The van der Waals surface area contributed by atoms with E-state index in [0.717, 1.165) is 0 Å². The molecule has 0 fully saturated rings. The molecule has 1 rings (SSSR count). The summed E-state index contributed by atoms with van der Waals surface area (Å²) in [7, 11) is 1.35. The fourth-order valence-corrected chi connectivity index (χ4v) is 1.54. The predicted molar refractivity (Wildman–Crippen MR) is 73.1 cm³/mol. The van der Waals surface area contributed by atoms with Crippen LogP contribution in [0.1, 0.15) is 25.5 Å². The molecule has 0 saturated carbocycles. The largest absolute Gasteiger partial charge is 0.376 e. The molecule has 1 aromatic rings. The zero-order chi connectivity index (χ0) is 15.5. The van der Waals surface area contributed by atoms with Crippen LogP contribution < -0.4 is 0 Å². The van der Waals surface area contributed by atoms with E-state index in [4.69, 9.17) is 10.3 Å². The SMILES string of the molecule is CC.CO[C@H](c1ccc([N+](=O)[O-])cc1)[C@@H](CF)N=[N+]=[N-]. The summed E-state index contributed by atoms with van der Waals surface area (Å²) in [5.74, 6) is 0. The van der Waals surface area contributed by atoms with Gasteiger partial charge in [0.1, 0.15) is 6.67 Å². The second-order valence-corrected chi connectivity index (χ2v) is 3.43. The smallest absolute Gasteiger partial charge is 0.269 e. The summed E-state index contributed by atoms with van der Waals surface area (Å²) in [4.78, 5) is 12.5. The van der Waals surface area contributed by atoms with Crippen molar-refractivity contribution < 1.29 is 14.1 Å². The van der Waals surface area contributed by atoms with Gasteiger partial charge in [0.15, 0.2) is 0 Å². The number of halogens is 1. The lowest BCUT2D eigenvalue weighted by atomic mass is 10.0. The molecular weight excluding hydrogens is 267 g/mol. The highest BCUT2D eigenvalue weighted by Gasteiger charge is 2.22. The Hall–Kier alpha value is -2.18. The Bertz CT molecular complexity index is 460. The standard InChI is InChI=1S/C10H11FN4O3.C2H6/c1-18-10(9(6-11)13-14-12)7-2-4-8(5-3-7)15(16)17;1-2/h2-5,9-10H,6H2,1H3;1-2H3/t9-,10-;/m1./s1. The molecule has 0 bridgehead atoms. The zero-order valence-electron chi connectivity index (χ0n) is 11.6. The van der Waals surface area contributed by atoms with E-state index in [1.54, 1.807) is 0 Å². The molecule has 0 radical (unpaired) electrons. The van der Waals surface area contributed by atoms with Gasteiger partial charge >= 0.3 is 0 Å². The van der Waals surface area contributed by atoms with Gasteiger partial charge in [-0.15, -0.1) is 0 Å². The van der Waals surface area contributed by atoms with Gasteiger partial charge in [0.2, 0.25) is 0 Å². The molecule has 0 N–H and O–H groups in total. The molecule has 20 heavy (non-hydrogen) atoms. The molecule has 0 spiro atoms. The molecule has 0 heterocycles. The minimum atomic E-state index is -0.999. The maximum atomic E-state index is 12.7. The van der Waals surface area contributed by atoms with Gasteiger partial charge in [0, 0.05) is 24.2 Å². The monoisotopic (exact) mass is 284 g/mol. The summed E-state index contributed by atoms with van der Waals surface area (Å²) in [6, 6.07) is 4.46. The van der Waals surface area contributed by atoms with Crippen LogP contribution in [-0.2, 0) is 4.74 Å². The van der Waals surface area contributed by atoms with Crippen LogP contribution in [0.15, 0.2) is 29.4 Å². The number of nitro groups is 1. The molecule has 2 atom stereocenters. The van der Waals surface area contributed by atoms with Crippen LogP contribution in [0.4, 0.5) is 10.1 Å². The lowest BCUT2D eigenvalue weighted by Crippen LogP contribution is -2.20. The number of alkyl halides is 1. The van der Waals surface area contributed by atoms with Gasteiger partial charge in [-0.3, -0.25) is 14.5 Å². The molecule has 8 heteroatoms. The van der Waals surface area contributed by atoms with Crippen LogP contribution in [0.3, 0.4) is 0 Å². The average Bonchev–Trinajstić information content (AvgIpc) is 2.49. The lowest BCUT2D eigenvalue weighted by Gasteiger charge is -2.19. The number of hydrogen-bond acceptors (Lipinski definition) is 4. The number of nitro benzene ring substituents is 1. The summed E-state index contributed by atoms with van der Waals surface area (Å²) >= 11 is 0. The zero-order valence-corrected chi connectivity index (χ0v) is 11.6. The van der Waals surface area contributed by atoms with Crippen molar-refractivity contribution in [3.63, 3.8) is 0 Å². The van der Waals surface area contributed by atoms with Gasteiger partial charge in [-0.05, 0) is 23.2 Å². The highest BCUT2D eigenvalue weighted by atomic mass is 19.1. The fourth-order valence-electron chi connectivity index (χ4n) is 1.54. The second kappa shape index (κ2) is 9.71. The number of methoxy groups -OCH3 is 1. The Balaban J connectivity index is 0.00000172. The van der Waals surface area contributed by atoms with Gasteiger partial charge in [-0.2, -0.15) is 0 Å². The van der Waals surface area contributed by atoms with Gasteiger partial charge in [-0.1, -0.05) is 19.0 Å². The molecule has 0 aliphatic heterocycles. The average molecular weight is 284 g/mol. The van der Waals surface area contributed by atoms with Gasteiger partial charge < -0.3 is 4.74 Å². The molecule has 0 saturated heterocycles. The highest BCUT2D eigenvalue weighted by molar-refractivity contribution is 5.34. The van der Waals surface area contributed by atoms with E-state index in [1.165, 1.54) is 31.4 Å². The molecule has 0 amide bonds. The van der Waals surface area contributed by atoms with Gasteiger partial charge in [-0.25, -0.2) is 0 Å². The van der Waals surface area contributed by atoms with Crippen molar-refractivity contribution in [3.05, 3.63) is 50.4 Å². The second-order valence-electron chi connectivity index (χ2n) is 3.43. The predicted octanol–water partition coefficient (Wildman–Crippen LogP) is 3.96. The quantitative estimate of drug-likeness (QED) is 0.260. The van der Waals surface area contributed by atoms with E-state index in [1.807, 2.05) is 13.8 Å². The third-order valence-corrected chi connectivity index (χ3v) is 2.39. The summed E-state index contributed by atoms with van der Waals surface area (Å²) in [5.41, 5.74) is 8.76. The van der Waals surface area contributed by atoms with Crippen molar-refractivity contribution in [2.45, 2.75) is 26.0 Å². The highest BCUT2D eigenvalue weighted by Crippen LogP contribution is 2.25. The van der Waals surface area contributed by atoms with Crippen molar-refractivity contribution in [2.24, 2.45) is 5.11 Å². The Morgan fingerprint density at radius 2 is 2.00 bits per heavy atom. The van der Waals surface area contributed by atoms with Gasteiger partial charge in [0.05, 0.1) is 17.1 Å². The molecule has 1 aromatic carbocycles.